The summed E-state index contributed by atoms with van der Waals surface area (Å²) in [5.74, 6) is 2.05. The first-order valence-corrected chi connectivity index (χ1v) is 4.61. The van der Waals surface area contributed by atoms with Crippen LogP contribution in [-0.2, 0) is 11.2 Å². The lowest BCUT2D eigenvalue weighted by molar-refractivity contribution is -0.121. The van der Waals surface area contributed by atoms with Crippen LogP contribution in [-0.4, -0.2) is 5.78 Å². The Kier molecular flexibility index (Phi) is 3.09. The quantitative estimate of drug-likeness (QED) is 0.523. The van der Waals surface area contributed by atoms with Gasteiger partial charge in [-0.25, -0.2) is 0 Å². The molecule has 0 saturated heterocycles. The number of carbonyl (C=O) groups is 1. The van der Waals surface area contributed by atoms with Crippen molar-refractivity contribution in [3.63, 3.8) is 0 Å². The van der Waals surface area contributed by atoms with Gasteiger partial charge in [-0.1, -0.05) is 44.2 Å². The van der Waals surface area contributed by atoms with Gasteiger partial charge in [0.15, 0.2) is 0 Å². The van der Waals surface area contributed by atoms with Gasteiger partial charge in [0.25, 0.3) is 0 Å². The molecule has 0 bridgehead atoms. The van der Waals surface area contributed by atoms with Crippen LogP contribution in [0.4, 0.5) is 0 Å². The highest BCUT2D eigenvalue weighted by atomic mass is 16.1. The first kappa shape index (κ1) is 10.5. The van der Waals surface area contributed by atoms with Crippen LogP contribution in [0.25, 0.3) is 0 Å². The Morgan fingerprint density at radius 3 is 2.43 bits per heavy atom. The van der Waals surface area contributed by atoms with Crippen molar-refractivity contribution in [2.45, 2.75) is 20.3 Å². The van der Waals surface area contributed by atoms with Crippen LogP contribution in [0.1, 0.15) is 19.4 Å². The van der Waals surface area contributed by atoms with Gasteiger partial charge in [0.2, 0.25) is 5.78 Å². The van der Waals surface area contributed by atoms with Crippen LogP contribution in [0.15, 0.2) is 30.3 Å². The molecule has 72 valence electrons. The lowest BCUT2D eigenvalue weighted by Gasteiger charge is -2.19. The predicted molar refractivity (Wildman–Crippen MR) is 57.8 cm³/mol. The molecule has 14 heavy (non-hydrogen) atoms. The van der Waals surface area contributed by atoms with Crippen molar-refractivity contribution in [2.24, 2.45) is 5.41 Å². The van der Waals surface area contributed by atoms with E-state index in [1.165, 1.54) is 0 Å². The van der Waals surface area contributed by atoms with Crippen LogP contribution in [0.3, 0.4) is 0 Å². The summed E-state index contributed by atoms with van der Waals surface area (Å²) in [6.07, 6.45) is 5.80. The minimum atomic E-state index is -0.462. The van der Waals surface area contributed by atoms with Gasteiger partial charge in [0.1, 0.15) is 0 Å². The molecule has 1 aromatic carbocycles. The van der Waals surface area contributed by atoms with Gasteiger partial charge in [-0.15, -0.1) is 6.42 Å². The molecule has 0 aliphatic rings. The Bertz CT molecular complexity index is 355. The molecule has 1 rings (SSSR count). The normalized spacial score (nSPS) is 10.6. The van der Waals surface area contributed by atoms with Gasteiger partial charge < -0.3 is 0 Å². The largest absolute Gasteiger partial charge is 0.284 e. The average Bonchev–Trinajstić information content (AvgIpc) is 2.17. The highest BCUT2D eigenvalue weighted by Crippen LogP contribution is 2.22. The zero-order valence-corrected chi connectivity index (χ0v) is 8.58. The second-order valence-corrected chi connectivity index (χ2v) is 4.02. The van der Waals surface area contributed by atoms with Gasteiger partial charge in [-0.2, -0.15) is 0 Å². The van der Waals surface area contributed by atoms with Gasteiger partial charge in [-0.05, 0) is 17.9 Å². The third-order valence-electron chi connectivity index (χ3n) is 2.23. The van der Waals surface area contributed by atoms with Crippen molar-refractivity contribution in [3.8, 4) is 12.3 Å². The molecule has 1 nitrogen and oxygen atoms in total. The molecule has 0 radical (unpaired) electrons. The van der Waals surface area contributed by atoms with E-state index < -0.39 is 5.41 Å². The van der Waals surface area contributed by atoms with Crippen molar-refractivity contribution in [1.82, 2.24) is 0 Å². The number of ketones is 1. The van der Waals surface area contributed by atoms with Crippen LogP contribution in [0.5, 0.6) is 0 Å². The van der Waals surface area contributed by atoms with Crippen LogP contribution < -0.4 is 0 Å². The maximum atomic E-state index is 11.4. The highest BCUT2D eigenvalue weighted by Gasteiger charge is 2.25. The van der Waals surface area contributed by atoms with Crippen molar-refractivity contribution in [1.29, 1.82) is 0 Å². The van der Waals surface area contributed by atoms with E-state index in [0.717, 1.165) is 5.56 Å². The molecule has 0 aliphatic carbocycles. The third-order valence-corrected chi connectivity index (χ3v) is 2.23. The second kappa shape index (κ2) is 4.11. The summed E-state index contributed by atoms with van der Waals surface area (Å²) in [4.78, 5) is 11.4. The molecule has 0 unspecified atom stereocenters. The number of hydrogen-bond acceptors (Lipinski definition) is 1. The predicted octanol–water partition coefficient (Wildman–Crippen LogP) is 2.46. The van der Waals surface area contributed by atoms with E-state index in [2.05, 4.69) is 5.92 Å². The molecule has 1 aromatic rings. The monoisotopic (exact) mass is 186 g/mol. The van der Waals surface area contributed by atoms with Crippen LogP contribution in [0.2, 0.25) is 0 Å². The summed E-state index contributed by atoms with van der Waals surface area (Å²) in [5, 5.41) is 0. The minimum Gasteiger partial charge on any atom is -0.284 e. The molecular formula is C13H14O. The molecule has 0 spiro atoms. The Morgan fingerprint density at radius 2 is 1.93 bits per heavy atom. The molecule has 0 N–H and O–H groups in total. The summed E-state index contributed by atoms with van der Waals surface area (Å²) < 4.78 is 0. The Balaban J connectivity index is 2.80. The second-order valence-electron chi connectivity index (χ2n) is 4.02. The molecule has 0 aliphatic heterocycles. The standard InChI is InChI=1S/C13H14O/c1-4-12(14)13(2,3)10-11-8-6-5-7-9-11/h1,5-9H,10H2,2-3H3. The third kappa shape index (κ3) is 2.47. The average molecular weight is 186 g/mol. The fourth-order valence-electron chi connectivity index (χ4n) is 1.38. The molecule has 0 heterocycles. The zero-order valence-electron chi connectivity index (χ0n) is 8.58. The zero-order chi connectivity index (χ0) is 10.6. The van der Waals surface area contributed by atoms with E-state index in [1.54, 1.807) is 0 Å². The van der Waals surface area contributed by atoms with Gasteiger partial charge in [0.05, 0.1) is 0 Å². The fraction of sp³-hybridized carbons (Fsp3) is 0.308. The van der Waals surface area contributed by atoms with E-state index in [0.29, 0.717) is 6.42 Å². The van der Waals surface area contributed by atoms with Crippen LogP contribution in [0, 0.1) is 17.8 Å². The van der Waals surface area contributed by atoms with E-state index in [1.807, 2.05) is 44.2 Å². The number of Topliss-reactive ketones (excluding diaryl/α,β-unsaturated/α-hetero) is 1. The Morgan fingerprint density at radius 1 is 1.36 bits per heavy atom. The molecule has 0 aromatic heterocycles. The summed E-state index contributed by atoms with van der Waals surface area (Å²) in [5.41, 5.74) is 0.678. The smallest absolute Gasteiger partial charge is 0.211 e. The van der Waals surface area contributed by atoms with Gasteiger partial charge >= 0.3 is 0 Å². The van der Waals surface area contributed by atoms with Crippen molar-refractivity contribution in [3.05, 3.63) is 35.9 Å². The first-order valence-electron chi connectivity index (χ1n) is 4.61. The maximum Gasteiger partial charge on any atom is 0.211 e. The summed E-state index contributed by atoms with van der Waals surface area (Å²) in [6, 6.07) is 9.90. The highest BCUT2D eigenvalue weighted by molar-refractivity contribution is 5.99. The number of terminal acetylenes is 1. The first-order chi connectivity index (χ1) is 6.56. The lowest BCUT2D eigenvalue weighted by atomic mass is 9.82. The van der Waals surface area contributed by atoms with Crippen LogP contribution >= 0.6 is 0 Å². The molecule has 0 amide bonds. The van der Waals surface area contributed by atoms with E-state index in [4.69, 9.17) is 6.42 Å². The summed E-state index contributed by atoms with van der Waals surface area (Å²) >= 11 is 0. The van der Waals surface area contributed by atoms with Crippen molar-refractivity contribution < 1.29 is 4.79 Å². The summed E-state index contributed by atoms with van der Waals surface area (Å²) in [7, 11) is 0. The van der Waals surface area contributed by atoms with Crippen molar-refractivity contribution in [2.75, 3.05) is 0 Å². The van der Waals surface area contributed by atoms with E-state index >= 15 is 0 Å². The Labute approximate surface area is 85.1 Å². The molecule has 0 saturated carbocycles. The van der Waals surface area contributed by atoms with E-state index in [9.17, 15) is 4.79 Å². The molecular weight excluding hydrogens is 172 g/mol. The lowest BCUT2D eigenvalue weighted by Crippen LogP contribution is -2.25. The topological polar surface area (TPSA) is 17.1 Å². The SMILES string of the molecule is C#CC(=O)C(C)(C)Cc1ccccc1. The maximum absolute atomic E-state index is 11.4. The molecule has 0 atom stereocenters. The number of hydrogen-bond donors (Lipinski definition) is 0. The Hall–Kier alpha value is -1.55. The fourth-order valence-corrected chi connectivity index (χ4v) is 1.38. The van der Waals surface area contributed by atoms with Gasteiger partial charge in [0, 0.05) is 5.41 Å². The minimum absolute atomic E-state index is 0.138. The van der Waals surface area contributed by atoms with E-state index in [-0.39, 0.29) is 5.78 Å². The van der Waals surface area contributed by atoms with Crippen molar-refractivity contribution >= 4 is 5.78 Å². The molecule has 1 heteroatoms. The number of rotatable bonds is 3. The van der Waals surface area contributed by atoms with Gasteiger partial charge in [-0.3, -0.25) is 4.79 Å². The molecule has 0 fully saturated rings. The number of benzene rings is 1. The number of carbonyl (C=O) groups excluding carboxylic acids is 1. The summed E-state index contributed by atoms with van der Waals surface area (Å²) in [6.45, 7) is 3.75.